The highest BCUT2D eigenvalue weighted by Gasteiger charge is 2.28. The molecule has 2 heterocycles. The van der Waals surface area contributed by atoms with E-state index in [1.54, 1.807) is 0 Å². The number of nitrogens with one attached hydrogen (secondary N) is 1. The summed E-state index contributed by atoms with van der Waals surface area (Å²) in [6.07, 6.45) is 3.33. The van der Waals surface area contributed by atoms with Crippen LogP contribution in [0.25, 0.3) is 0 Å². The van der Waals surface area contributed by atoms with Crippen LogP contribution in [0.5, 0.6) is 0 Å². The maximum atomic E-state index is 12.5. The van der Waals surface area contributed by atoms with E-state index in [0.29, 0.717) is 0 Å². The first kappa shape index (κ1) is 20.4. The molecule has 3 rings (SSSR count). The lowest BCUT2D eigenvalue weighted by molar-refractivity contribution is -0.134. The number of hydrogen-bond donors (Lipinski definition) is 1. The van der Waals surface area contributed by atoms with Crippen LogP contribution in [0.3, 0.4) is 0 Å². The molecule has 2 aliphatic rings. The number of halogens is 3. The number of nitrogens with zero attached hydrogens (tertiary/aromatic N) is 2. The van der Waals surface area contributed by atoms with Crippen molar-refractivity contribution in [2.45, 2.75) is 25.3 Å². The summed E-state index contributed by atoms with van der Waals surface area (Å²) in [5.74, 6) is 0.283. The van der Waals surface area contributed by atoms with Gasteiger partial charge in [0.1, 0.15) is 0 Å². The molecule has 1 atom stereocenters. The number of hydrogen-bond acceptors (Lipinski definition) is 3. The van der Waals surface area contributed by atoms with Gasteiger partial charge in [-0.05, 0) is 43.7 Å². The molecule has 0 unspecified atom stereocenters. The molecular formula is C16H24Cl3N3O. The molecule has 1 amide bonds. The summed E-state index contributed by atoms with van der Waals surface area (Å²) >= 11 is 5.92. The number of anilines is 1. The van der Waals surface area contributed by atoms with Crippen LogP contribution in [0.2, 0.25) is 5.02 Å². The molecule has 1 N–H and O–H groups in total. The zero-order valence-corrected chi connectivity index (χ0v) is 15.4. The van der Waals surface area contributed by atoms with Crippen molar-refractivity contribution in [3.05, 3.63) is 29.3 Å². The summed E-state index contributed by atoms with van der Waals surface area (Å²) in [7, 11) is 0. The lowest BCUT2D eigenvalue weighted by Crippen LogP contribution is -2.55. The first-order chi connectivity index (χ1) is 10.2. The summed E-state index contributed by atoms with van der Waals surface area (Å²) in [5, 5.41) is 4.11. The van der Waals surface area contributed by atoms with Gasteiger partial charge in [0.2, 0.25) is 5.91 Å². The molecule has 0 radical (unpaired) electrons. The van der Waals surface area contributed by atoms with Crippen molar-refractivity contribution in [1.82, 2.24) is 10.2 Å². The topological polar surface area (TPSA) is 35.6 Å². The predicted octanol–water partition coefficient (Wildman–Crippen LogP) is 2.97. The van der Waals surface area contributed by atoms with Crippen molar-refractivity contribution >= 4 is 48.0 Å². The normalized spacial score (nSPS) is 21.2. The number of amides is 1. The van der Waals surface area contributed by atoms with E-state index in [0.717, 1.165) is 50.6 Å². The summed E-state index contributed by atoms with van der Waals surface area (Å²) in [6.45, 7) is 4.36. The van der Waals surface area contributed by atoms with Gasteiger partial charge in [-0.25, -0.2) is 0 Å². The minimum atomic E-state index is 0. The van der Waals surface area contributed by atoms with E-state index in [4.69, 9.17) is 11.6 Å². The van der Waals surface area contributed by atoms with Crippen molar-refractivity contribution in [3.63, 3.8) is 0 Å². The van der Waals surface area contributed by atoms with Gasteiger partial charge in [0.25, 0.3) is 0 Å². The Morgan fingerprint density at radius 1 is 1.04 bits per heavy atom. The monoisotopic (exact) mass is 379 g/mol. The van der Waals surface area contributed by atoms with Crippen LogP contribution in [0, 0.1) is 0 Å². The number of piperazine rings is 1. The number of carbonyl (C=O) groups is 1. The zero-order valence-electron chi connectivity index (χ0n) is 13.0. The first-order valence-electron chi connectivity index (χ1n) is 7.77. The maximum absolute atomic E-state index is 12.5. The molecule has 0 saturated carbocycles. The van der Waals surface area contributed by atoms with Crippen LogP contribution in [0.4, 0.5) is 5.69 Å². The fourth-order valence-electron chi connectivity index (χ4n) is 3.12. The van der Waals surface area contributed by atoms with Gasteiger partial charge in [-0.15, -0.1) is 24.8 Å². The number of benzene rings is 1. The van der Waals surface area contributed by atoms with Crippen molar-refractivity contribution < 1.29 is 4.79 Å². The molecule has 0 aromatic heterocycles. The highest BCUT2D eigenvalue weighted by Crippen LogP contribution is 2.20. The summed E-state index contributed by atoms with van der Waals surface area (Å²) < 4.78 is 0. The smallest absolute Gasteiger partial charge is 0.239 e. The van der Waals surface area contributed by atoms with Crippen molar-refractivity contribution in [2.24, 2.45) is 0 Å². The second kappa shape index (κ2) is 9.58. The lowest BCUT2D eigenvalue weighted by Gasteiger charge is -2.38. The number of carbonyl (C=O) groups excluding carboxylic acids is 1. The molecule has 4 nitrogen and oxygen atoms in total. The highest BCUT2D eigenvalue weighted by atomic mass is 35.5. The Labute approximate surface area is 155 Å². The zero-order chi connectivity index (χ0) is 14.7. The fourth-order valence-corrected chi connectivity index (χ4v) is 3.25. The molecule has 1 aromatic rings. The average Bonchev–Trinajstić information content (AvgIpc) is 2.56. The minimum absolute atomic E-state index is 0. The standard InChI is InChI=1S/C16H22ClN3O.2ClH/c17-13-4-6-14(7-5-13)19-9-11-20(12-10-19)16(21)15-3-1-2-8-18-15;;/h4-7,15,18H,1-3,8-12H2;2*1H/t15-;;/m0../s1. The molecule has 7 heteroatoms. The van der Waals surface area contributed by atoms with Gasteiger partial charge in [-0.2, -0.15) is 0 Å². The van der Waals surface area contributed by atoms with Crippen LogP contribution < -0.4 is 10.2 Å². The average molecular weight is 381 g/mol. The Morgan fingerprint density at radius 3 is 2.26 bits per heavy atom. The minimum Gasteiger partial charge on any atom is -0.368 e. The molecule has 2 fully saturated rings. The van der Waals surface area contributed by atoms with E-state index in [9.17, 15) is 4.79 Å². The van der Waals surface area contributed by atoms with Gasteiger partial charge >= 0.3 is 0 Å². The van der Waals surface area contributed by atoms with Gasteiger partial charge in [0.05, 0.1) is 6.04 Å². The largest absolute Gasteiger partial charge is 0.368 e. The van der Waals surface area contributed by atoms with Crippen LogP contribution in [-0.2, 0) is 4.79 Å². The van der Waals surface area contributed by atoms with E-state index in [-0.39, 0.29) is 36.8 Å². The molecular weight excluding hydrogens is 357 g/mol. The molecule has 0 aliphatic carbocycles. The third kappa shape index (κ3) is 5.15. The Hall–Kier alpha value is -0.680. The molecule has 0 spiro atoms. The van der Waals surface area contributed by atoms with E-state index < -0.39 is 0 Å². The molecule has 2 aliphatic heterocycles. The molecule has 0 bridgehead atoms. The van der Waals surface area contributed by atoms with E-state index in [2.05, 4.69) is 10.2 Å². The van der Waals surface area contributed by atoms with Crippen LogP contribution >= 0.6 is 36.4 Å². The highest BCUT2D eigenvalue weighted by molar-refractivity contribution is 6.30. The maximum Gasteiger partial charge on any atom is 0.239 e. The van der Waals surface area contributed by atoms with E-state index >= 15 is 0 Å². The van der Waals surface area contributed by atoms with Gasteiger partial charge in [-0.3, -0.25) is 4.79 Å². The predicted molar refractivity (Wildman–Crippen MR) is 100 cm³/mol. The molecule has 130 valence electrons. The quantitative estimate of drug-likeness (QED) is 0.857. The van der Waals surface area contributed by atoms with Gasteiger partial charge in [0.15, 0.2) is 0 Å². The lowest BCUT2D eigenvalue weighted by atomic mass is 10.0. The Balaban J connectivity index is 0.00000132. The van der Waals surface area contributed by atoms with E-state index in [1.165, 1.54) is 12.1 Å². The second-order valence-corrected chi connectivity index (χ2v) is 6.23. The molecule has 2 saturated heterocycles. The second-order valence-electron chi connectivity index (χ2n) is 5.79. The molecule has 23 heavy (non-hydrogen) atoms. The third-order valence-corrected chi connectivity index (χ3v) is 4.64. The van der Waals surface area contributed by atoms with E-state index in [1.807, 2.05) is 29.2 Å². The van der Waals surface area contributed by atoms with Gasteiger partial charge in [-0.1, -0.05) is 18.0 Å². The summed E-state index contributed by atoms with van der Waals surface area (Å²) in [4.78, 5) is 16.8. The Morgan fingerprint density at radius 2 is 1.70 bits per heavy atom. The third-order valence-electron chi connectivity index (χ3n) is 4.39. The van der Waals surface area contributed by atoms with Crippen LogP contribution in [0.1, 0.15) is 19.3 Å². The van der Waals surface area contributed by atoms with Crippen molar-refractivity contribution in [3.8, 4) is 0 Å². The Bertz CT molecular complexity index is 484. The van der Waals surface area contributed by atoms with Crippen LogP contribution in [-0.4, -0.2) is 49.6 Å². The van der Waals surface area contributed by atoms with Gasteiger partial charge in [0, 0.05) is 36.9 Å². The van der Waals surface area contributed by atoms with Crippen LogP contribution in [0.15, 0.2) is 24.3 Å². The Kier molecular flexibility index (Phi) is 8.48. The summed E-state index contributed by atoms with van der Waals surface area (Å²) in [6, 6.07) is 7.96. The number of rotatable bonds is 2. The summed E-state index contributed by atoms with van der Waals surface area (Å²) in [5.41, 5.74) is 1.18. The SMILES string of the molecule is Cl.Cl.O=C([C@@H]1CCCCN1)N1CCN(c2ccc(Cl)cc2)CC1. The van der Waals surface area contributed by atoms with Crippen molar-refractivity contribution in [1.29, 1.82) is 0 Å². The first-order valence-corrected chi connectivity index (χ1v) is 8.14. The molecule has 1 aromatic carbocycles. The number of piperidine rings is 1. The van der Waals surface area contributed by atoms with Crippen molar-refractivity contribution in [2.75, 3.05) is 37.6 Å². The fraction of sp³-hybridized carbons (Fsp3) is 0.562. The van der Waals surface area contributed by atoms with Gasteiger partial charge < -0.3 is 15.1 Å².